The number of esters is 5. The molecule has 3 aliphatic rings. The van der Waals surface area contributed by atoms with Gasteiger partial charge in [-0.15, -0.1) is 0 Å². The van der Waals surface area contributed by atoms with Crippen molar-refractivity contribution in [3.63, 3.8) is 0 Å². The van der Waals surface area contributed by atoms with Crippen molar-refractivity contribution in [1.29, 1.82) is 0 Å². The van der Waals surface area contributed by atoms with Crippen molar-refractivity contribution in [2.75, 3.05) is 26.9 Å². The second-order valence-corrected chi connectivity index (χ2v) is 16.0. The number of rotatable bonds is 17. The number of hydrogen-bond donors (Lipinski definition) is 1. The number of nitro groups is 1. The van der Waals surface area contributed by atoms with Gasteiger partial charge in [-0.25, -0.2) is 4.79 Å². The van der Waals surface area contributed by atoms with Gasteiger partial charge in [-0.05, 0) is 25.1 Å². The van der Waals surface area contributed by atoms with E-state index >= 15 is 0 Å². The SMILES string of the molecule is [3H]C(O)(COS(=O)(=O)c1ccc(C)cc1)[C@H]1[C@H](O[C@@H]2O[C@H](COC(C)=O)[C@@H](OC(C)=O)[C@H](OC(C)=O)[C@H]2OC(C)=O)OC=C(C(=O)OC)[C@H]1C[C@@H]1OCC(c2ccccc2[N+](=O)[O-])O1. The van der Waals surface area contributed by atoms with Crippen molar-refractivity contribution in [2.45, 2.75) is 101 Å². The van der Waals surface area contributed by atoms with Crippen molar-refractivity contribution >= 4 is 45.7 Å². The molecule has 5 rings (SSSR count). The predicted octanol–water partition coefficient (Wildman–Crippen LogP) is 2.22. The summed E-state index contributed by atoms with van der Waals surface area (Å²) in [6.45, 7) is 3.52. The van der Waals surface area contributed by atoms with Gasteiger partial charge >= 0.3 is 29.8 Å². The van der Waals surface area contributed by atoms with Crippen LogP contribution in [-0.2, 0) is 85.6 Å². The summed E-state index contributed by atoms with van der Waals surface area (Å²) < 4.78 is 97.9. The number of aryl methyl sites for hydroxylation is 1. The lowest BCUT2D eigenvalue weighted by Crippen LogP contribution is -2.64. The molecule has 344 valence electrons. The molecule has 23 heteroatoms. The Morgan fingerprint density at radius 2 is 1.54 bits per heavy atom. The van der Waals surface area contributed by atoms with Crippen LogP contribution in [0.15, 0.2) is 65.3 Å². The van der Waals surface area contributed by atoms with Crippen LogP contribution >= 0.6 is 0 Å². The second-order valence-electron chi connectivity index (χ2n) is 14.4. The van der Waals surface area contributed by atoms with Crippen LogP contribution in [0.1, 0.15) is 52.7 Å². The summed E-state index contributed by atoms with van der Waals surface area (Å²) in [7, 11) is -3.66. The lowest BCUT2D eigenvalue weighted by Gasteiger charge is -2.46. The smallest absolute Gasteiger partial charge is 0.337 e. The molecule has 0 bridgehead atoms. The normalized spacial score (nSPS) is 28.2. The van der Waals surface area contributed by atoms with E-state index < -0.39 is 132 Å². The van der Waals surface area contributed by atoms with Gasteiger partial charge < -0.3 is 52.5 Å². The van der Waals surface area contributed by atoms with Crippen LogP contribution in [0.4, 0.5) is 5.69 Å². The van der Waals surface area contributed by atoms with E-state index in [0.29, 0.717) is 5.56 Å². The minimum absolute atomic E-state index is 0.152. The Kier molecular flexibility index (Phi) is 15.8. The quantitative estimate of drug-likeness (QED) is 0.0782. The largest absolute Gasteiger partial charge is 0.471 e. The maximum Gasteiger partial charge on any atom is 0.337 e. The van der Waals surface area contributed by atoms with Gasteiger partial charge in [0.25, 0.3) is 15.8 Å². The zero-order valence-electron chi connectivity index (χ0n) is 35.8. The Balaban J connectivity index is 1.59. The van der Waals surface area contributed by atoms with Gasteiger partial charge in [-0.3, -0.25) is 33.5 Å². The lowest BCUT2D eigenvalue weighted by atomic mass is 9.78. The highest BCUT2D eigenvalue weighted by molar-refractivity contribution is 7.86. The molecule has 1 N–H and O–H groups in total. The first-order chi connectivity index (χ1) is 30.1. The summed E-state index contributed by atoms with van der Waals surface area (Å²) in [6.07, 6.45) is -15.8. The van der Waals surface area contributed by atoms with Gasteiger partial charge in [0.05, 0.1) is 60.9 Å². The van der Waals surface area contributed by atoms with Gasteiger partial charge in [0.2, 0.25) is 12.6 Å². The molecule has 3 heterocycles. The summed E-state index contributed by atoms with van der Waals surface area (Å²) >= 11 is 0. The summed E-state index contributed by atoms with van der Waals surface area (Å²) in [6, 6.07) is 11.2. The van der Waals surface area contributed by atoms with Crippen LogP contribution in [0.25, 0.3) is 0 Å². The van der Waals surface area contributed by atoms with Crippen molar-refractivity contribution in [1.82, 2.24) is 0 Å². The van der Waals surface area contributed by atoms with Crippen LogP contribution < -0.4 is 0 Å². The van der Waals surface area contributed by atoms with E-state index in [4.69, 9.17) is 51.6 Å². The number of methoxy groups -OCH3 is 1. The standard InChI is InChI=1S/C40H47NO21S/c1-20-11-13-25(14-12-20)63(50,51)56-17-30(46)34-27(15-33-54-18-31(60-33)26-9-7-8-10-29(26)41(48)49)28(38(47)52-6)16-55-39(34)62-40-37(59-24(5)45)36(58-23(4)44)35(57-22(3)43)32(61-40)19-53-21(2)42/h7-14,16,27,30-37,39-40,46H,15,17-19H2,1-6H3/t27-,30?,31?,32-,33-,34+,35-,36+,37-,39+,40+/m1/s1/i30T. The van der Waals surface area contributed by atoms with Crippen molar-refractivity contribution in [3.05, 3.63) is 81.6 Å². The molecule has 0 radical (unpaired) electrons. The first-order valence-corrected chi connectivity index (χ1v) is 20.6. The molecule has 2 unspecified atom stereocenters. The Labute approximate surface area is 362 Å². The van der Waals surface area contributed by atoms with E-state index in [2.05, 4.69) is 0 Å². The average Bonchev–Trinajstić information content (AvgIpc) is 3.69. The number of nitrogens with zero attached hydrogens (tertiary/aromatic N) is 1. The van der Waals surface area contributed by atoms with Gasteiger partial charge in [-0.1, -0.05) is 29.8 Å². The molecule has 0 saturated carbocycles. The zero-order chi connectivity index (χ0) is 47.1. The topological polar surface area (TPSA) is 284 Å². The van der Waals surface area contributed by atoms with Crippen LogP contribution in [0.5, 0.6) is 0 Å². The van der Waals surface area contributed by atoms with Gasteiger partial charge in [0, 0.05) is 46.1 Å². The Morgan fingerprint density at radius 3 is 2.16 bits per heavy atom. The van der Waals surface area contributed by atoms with E-state index in [9.17, 15) is 49.0 Å². The number of ether oxygens (including phenoxy) is 10. The molecule has 0 amide bonds. The number of aliphatic hydroxyl groups is 1. The van der Waals surface area contributed by atoms with Crippen molar-refractivity contribution < 1.29 is 95.3 Å². The monoisotopic (exact) mass is 911 g/mol. The highest BCUT2D eigenvalue weighted by atomic mass is 32.2. The Bertz CT molecular complexity index is 2200. The molecule has 22 nitrogen and oxygen atoms in total. The summed E-state index contributed by atoms with van der Waals surface area (Å²) in [4.78, 5) is 73.6. The molecule has 2 fully saturated rings. The molecule has 2 aromatic carbocycles. The maximum absolute atomic E-state index is 13.4. The van der Waals surface area contributed by atoms with E-state index in [0.717, 1.165) is 41.1 Å². The second kappa shape index (κ2) is 21.2. The van der Waals surface area contributed by atoms with Crippen LogP contribution in [0.3, 0.4) is 0 Å². The number of para-hydroxylation sites is 1. The van der Waals surface area contributed by atoms with Crippen molar-refractivity contribution in [2.24, 2.45) is 11.8 Å². The van der Waals surface area contributed by atoms with Gasteiger partial charge in [0.1, 0.15) is 18.8 Å². The Hall–Kier alpha value is -5.56. The number of benzene rings is 2. The molecule has 2 saturated heterocycles. The number of carbonyl (C=O) groups excluding carboxylic acids is 5. The van der Waals surface area contributed by atoms with Crippen molar-refractivity contribution in [3.8, 4) is 0 Å². The third-order valence-electron chi connectivity index (χ3n) is 9.83. The molecule has 2 aromatic rings. The molecule has 0 spiro atoms. The number of nitro benzene ring substituents is 1. The van der Waals surface area contributed by atoms with E-state index in [1.807, 2.05) is 0 Å². The molecule has 0 aromatic heterocycles. The fraction of sp³-hybridized carbons (Fsp3) is 0.525. The van der Waals surface area contributed by atoms with E-state index in [1.54, 1.807) is 13.0 Å². The third-order valence-corrected chi connectivity index (χ3v) is 11.1. The van der Waals surface area contributed by atoms with Gasteiger partial charge in [0.15, 0.2) is 24.6 Å². The minimum atomic E-state index is -4.68. The fourth-order valence-corrected chi connectivity index (χ4v) is 7.99. The first kappa shape index (κ1) is 46.9. The van der Waals surface area contributed by atoms with Crippen LogP contribution in [-0.4, -0.2) is 125 Å². The lowest BCUT2D eigenvalue weighted by molar-refractivity contribution is -0.386. The van der Waals surface area contributed by atoms with Crippen LogP contribution in [0.2, 0.25) is 0 Å². The fourth-order valence-electron chi connectivity index (χ4n) is 7.11. The summed E-state index contributed by atoms with van der Waals surface area (Å²) in [5.74, 6) is -8.22. The highest BCUT2D eigenvalue weighted by Crippen LogP contribution is 2.43. The average molecular weight is 912 g/mol. The van der Waals surface area contributed by atoms with Crippen LogP contribution in [0, 0.1) is 28.9 Å². The molecule has 11 atom stereocenters. The number of hydrogen-bond acceptors (Lipinski definition) is 21. The number of carbonyl (C=O) groups is 5. The summed E-state index contributed by atoms with van der Waals surface area (Å²) in [5, 5.41) is 24.0. The molecular weight excluding hydrogens is 862 g/mol. The maximum atomic E-state index is 13.4. The minimum Gasteiger partial charge on any atom is -0.471 e. The Morgan fingerprint density at radius 1 is 0.905 bits per heavy atom. The van der Waals surface area contributed by atoms with E-state index in [1.165, 1.54) is 42.5 Å². The first-order valence-electron chi connectivity index (χ1n) is 19.7. The molecule has 3 aliphatic heterocycles. The molecular formula is C40H47NO21S. The summed E-state index contributed by atoms with van der Waals surface area (Å²) in [5.41, 5.74) is 0.227. The molecule has 63 heavy (non-hydrogen) atoms. The zero-order valence-corrected chi connectivity index (χ0v) is 35.6. The molecule has 0 aliphatic carbocycles. The van der Waals surface area contributed by atoms with E-state index in [-0.39, 0.29) is 28.3 Å². The predicted molar refractivity (Wildman–Crippen MR) is 207 cm³/mol. The third kappa shape index (κ3) is 12.3. The van der Waals surface area contributed by atoms with Gasteiger partial charge in [-0.2, -0.15) is 8.42 Å². The highest BCUT2D eigenvalue weighted by Gasteiger charge is 2.55.